The van der Waals surface area contributed by atoms with Gasteiger partial charge >= 0.3 is 5.97 Å². The van der Waals surface area contributed by atoms with Crippen LogP contribution in [0, 0.1) is 0 Å². The van der Waals surface area contributed by atoms with Crippen LogP contribution >= 0.6 is 23.1 Å². The highest BCUT2D eigenvalue weighted by molar-refractivity contribution is 8.01. The smallest absolute Gasteiger partial charge is 0.321 e. The first-order chi connectivity index (χ1) is 17.8. The maximum Gasteiger partial charge on any atom is 0.321 e. The fraction of sp³-hybridized carbons (Fsp3) is 0.154. The van der Waals surface area contributed by atoms with Crippen LogP contribution in [0.15, 0.2) is 99.7 Å². The minimum Gasteiger partial charge on any atom is -0.480 e. The number of rotatable bonds is 12. The van der Waals surface area contributed by atoms with Gasteiger partial charge in [0.15, 0.2) is 0 Å². The van der Waals surface area contributed by atoms with Crippen LogP contribution in [0.3, 0.4) is 0 Å². The molecule has 2 unspecified atom stereocenters. The summed E-state index contributed by atoms with van der Waals surface area (Å²) in [4.78, 5) is 15.7. The monoisotopic (exact) mass is 556 g/mol. The van der Waals surface area contributed by atoms with Gasteiger partial charge in [-0.15, -0.1) is 11.3 Å². The van der Waals surface area contributed by atoms with Crippen molar-refractivity contribution in [3.05, 3.63) is 90.4 Å². The molecule has 11 heteroatoms. The third kappa shape index (κ3) is 7.63. The molecule has 4 aromatic rings. The van der Waals surface area contributed by atoms with E-state index >= 15 is 0 Å². The van der Waals surface area contributed by atoms with Gasteiger partial charge in [-0.3, -0.25) is 4.79 Å². The Hall–Kier alpha value is -3.22. The zero-order valence-electron chi connectivity index (χ0n) is 19.4. The van der Waals surface area contributed by atoms with E-state index in [0.717, 1.165) is 21.2 Å². The Labute approximate surface area is 223 Å². The highest BCUT2D eigenvalue weighted by Gasteiger charge is 2.28. The molecule has 0 saturated carbocycles. The van der Waals surface area contributed by atoms with Gasteiger partial charge in [0, 0.05) is 23.8 Å². The largest absolute Gasteiger partial charge is 0.480 e. The number of aliphatic hydroxyl groups excluding tert-OH is 1. The molecule has 37 heavy (non-hydrogen) atoms. The summed E-state index contributed by atoms with van der Waals surface area (Å²) in [6.45, 7) is 0. The van der Waals surface area contributed by atoms with Crippen molar-refractivity contribution >= 4 is 39.1 Å². The topological polar surface area (TPSA) is 126 Å². The van der Waals surface area contributed by atoms with Crippen molar-refractivity contribution < 1.29 is 28.2 Å². The SMILES string of the molecule is O=C(O)C(CC(O)CSc1nccs1)NS(=O)(=O)c1ccc(-c2ccc(Oc3ccccc3)cc2)cc1. The van der Waals surface area contributed by atoms with Gasteiger partial charge in [0.1, 0.15) is 21.9 Å². The molecule has 0 aliphatic carbocycles. The van der Waals surface area contributed by atoms with E-state index in [-0.39, 0.29) is 17.1 Å². The molecule has 8 nitrogen and oxygen atoms in total. The number of sulfonamides is 1. The number of nitrogens with one attached hydrogen (secondary N) is 1. The number of carboxylic acids is 1. The maximum absolute atomic E-state index is 12.9. The Morgan fingerprint density at radius 1 is 0.973 bits per heavy atom. The number of para-hydroxylation sites is 1. The number of aliphatic carboxylic acids is 1. The van der Waals surface area contributed by atoms with Gasteiger partial charge in [-0.05, 0) is 47.5 Å². The van der Waals surface area contributed by atoms with Crippen LogP contribution in [-0.4, -0.2) is 47.5 Å². The fourth-order valence-corrected chi connectivity index (χ4v) is 6.22. The summed E-state index contributed by atoms with van der Waals surface area (Å²) in [7, 11) is -4.13. The number of aliphatic hydroxyl groups is 1. The number of thiazole rings is 1. The molecular formula is C26H24N2O6S3. The number of carboxylic acid groups (broad SMARTS) is 1. The summed E-state index contributed by atoms with van der Waals surface area (Å²) in [6.07, 6.45) is 0.324. The minimum absolute atomic E-state index is 0.0711. The van der Waals surface area contributed by atoms with Crippen molar-refractivity contribution in [1.29, 1.82) is 0 Å². The minimum atomic E-state index is -4.13. The van der Waals surface area contributed by atoms with E-state index in [4.69, 9.17) is 4.74 Å². The van der Waals surface area contributed by atoms with E-state index in [1.54, 1.807) is 23.7 Å². The highest BCUT2D eigenvalue weighted by Crippen LogP contribution is 2.27. The van der Waals surface area contributed by atoms with Crippen molar-refractivity contribution in [3.8, 4) is 22.6 Å². The van der Waals surface area contributed by atoms with Crippen molar-refractivity contribution in [1.82, 2.24) is 9.71 Å². The number of hydrogen-bond donors (Lipinski definition) is 3. The molecule has 0 aliphatic rings. The standard InChI is InChI=1S/C26H24N2O6S3/c29-20(17-36-26-27-14-15-35-26)16-24(25(30)31)28-37(32,33)23-12-8-19(9-13-23)18-6-10-22(11-7-18)34-21-4-2-1-3-5-21/h1-15,20,24,28-29H,16-17H2,(H,30,31). The molecule has 0 radical (unpaired) electrons. The first kappa shape index (κ1) is 26.8. The molecule has 2 atom stereocenters. The van der Waals surface area contributed by atoms with E-state index < -0.39 is 28.1 Å². The second-order valence-electron chi connectivity index (χ2n) is 7.97. The Balaban J connectivity index is 1.38. The molecule has 0 spiro atoms. The Morgan fingerprint density at radius 2 is 1.59 bits per heavy atom. The lowest BCUT2D eigenvalue weighted by Gasteiger charge is -2.18. The van der Waals surface area contributed by atoms with Crippen LogP contribution in [0.4, 0.5) is 0 Å². The van der Waals surface area contributed by atoms with Crippen molar-refractivity contribution in [2.24, 2.45) is 0 Å². The molecule has 192 valence electrons. The van der Waals surface area contributed by atoms with Gasteiger partial charge in [0.25, 0.3) is 0 Å². The Bertz CT molecular complexity index is 1400. The molecular weight excluding hydrogens is 532 g/mol. The van der Waals surface area contributed by atoms with Crippen LogP contribution in [0.5, 0.6) is 11.5 Å². The van der Waals surface area contributed by atoms with E-state index in [9.17, 15) is 23.4 Å². The summed E-state index contributed by atoms with van der Waals surface area (Å²) in [5, 5.41) is 21.6. The number of thioether (sulfide) groups is 1. The quantitative estimate of drug-likeness (QED) is 0.211. The van der Waals surface area contributed by atoms with Crippen molar-refractivity contribution in [2.75, 3.05) is 5.75 Å². The number of aromatic nitrogens is 1. The second kappa shape index (κ2) is 12.3. The number of nitrogens with zero attached hydrogens (tertiary/aromatic N) is 1. The lowest BCUT2D eigenvalue weighted by atomic mass is 10.1. The summed E-state index contributed by atoms with van der Waals surface area (Å²) >= 11 is 2.69. The highest BCUT2D eigenvalue weighted by atomic mass is 32.2. The molecule has 0 fully saturated rings. The van der Waals surface area contributed by atoms with Gasteiger partial charge in [-0.25, -0.2) is 13.4 Å². The number of hydrogen-bond acceptors (Lipinski definition) is 8. The lowest BCUT2D eigenvalue weighted by Crippen LogP contribution is -2.43. The number of ether oxygens (including phenoxy) is 1. The number of benzene rings is 3. The molecule has 1 heterocycles. The van der Waals surface area contributed by atoms with Crippen LogP contribution in [0.1, 0.15) is 6.42 Å². The molecule has 0 aliphatic heterocycles. The van der Waals surface area contributed by atoms with Gasteiger partial charge in [-0.2, -0.15) is 4.72 Å². The molecule has 0 bridgehead atoms. The van der Waals surface area contributed by atoms with E-state index in [2.05, 4.69) is 9.71 Å². The molecule has 4 rings (SSSR count). The summed E-state index contributed by atoms with van der Waals surface area (Å²) < 4.78 is 34.4. The zero-order chi connectivity index (χ0) is 26.3. The second-order valence-corrected chi connectivity index (χ2v) is 11.9. The first-order valence-electron chi connectivity index (χ1n) is 11.2. The predicted molar refractivity (Wildman–Crippen MR) is 144 cm³/mol. The first-order valence-corrected chi connectivity index (χ1v) is 14.5. The summed E-state index contributed by atoms with van der Waals surface area (Å²) in [5.41, 5.74) is 1.65. The van der Waals surface area contributed by atoms with Gasteiger partial charge in [-0.1, -0.05) is 54.2 Å². The fourth-order valence-electron chi connectivity index (χ4n) is 3.41. The van der Waals surface area contributed by atoms with Crippen LogP contribution in [0.2, 0.25) is 0 Å². The van der Waals surface area contributed by atoms with Gasteiger partial charge in [0.05, 0.1) is 11.0 Å². The van der Waals surface area contributed by atoms with Crippen molar-refractivity contribution in [2.45, 2.75) is 27.8 Å². The van der Waals surface area contributed by atoms with Crippen molar-refractivity contribution in [3.63, 3.8) is 0 Å². The van der Waals surface area contributed by atoms with Gasteiger partial charge < -0.3 is 14.9 Å². The van der Waals surface area contributed by atoms with Crippen LogP contribution in [0.25, 0.3) is 11.1 Å². The van der Waals surface area contributed by atoms with Crippen LogP contribution in [-0.2, 0) is 14.8 Å². The molecule has 3 aromatic carbocycles. The lowest BCUT2D eigenvalue weighted by molar-refractivity contribution is -0.139. The van der Waals surface area contributed by atoms with Crippen LogP contribution < -0.4 is 9.46 Å². The molecule has 3 N–H and O–H groups in total. The zero-order valence-corrected chi connectivity index (χ0v) is 21.9. The third-order valence-corrected chi connectivity index (χ3v) is 8.84. The van der Waals surface area contributed by atoms with Gasteiger partial charge in [0.2, 0.25) is 10.0 Å². The Morgan fingerprint density at radius 3 is 2.19 bits per heavy atom. The third-order valence-electron chi connectivity index (χ3n) is 5.24. The number of carbonyl (C=O) groups is 1. The maximum atomic E-state index is 12.9. The Kier molecular flexibility index (Phi) is 8.95. The average molecular weight is 557 g/mol. The summed E-state index contributed by atoms with van der Waals surface area (Å²) in [6, 6.07) is 21.4. The normalized spacial score (nSPS) is 13.1. The molecule has 0 saturated heterocycles. The summed E-state index contributed by atoms with van der Waals surface area (Å²) in [5.74, 6) is 0.229. The predicted octanol–water partition coefficient (Wildman–Crippen LogP) is 4.88. The molecule has 1 aromatic heterocycles. The van der Waals surface area contributed by atoms with E-state index in [0.29, 0.717) is 5.75 Å². The van der Waals surface area contributed by atoms with E-state index in [1.165, 1.54) is 35.2 Å². The molecule has 0 amide bonds. The average Bonchev–Trinajstić information content (AvgIpc) is 3.42. The van der Waals surface area contributed by atoms with E-state index in [1.807, 2.05) is 54.6 Å².